The van der Waals surface area contributed by atoms with Gasteiger partial charge in [-0.2, -0.15) is 0 Å². The molecule has 8 rings (SSSR count). The minimum Gasteiger partial charge on any atom is -0.374 e. The molecule has 6 aromatic carbocycles. The summed E-state index contributed by atoms with van der Waals surface area (Å²) < 4.78 is 33.9. The molecule has 1 saturated heterocycles. The van der Waals surface area contributed by atoms with Crippen molar-refractivity contribution in [2.75, 3.05) is 6.61 Å². The van der Waals surface area contributed by atoms with Gasteiger partial charge >= 0.3 is 0 Å². The lowest BCUT2D eigenvalue weighted by molar-refractivity contribution is -0.261. The molecule has 63 heavy (non-hydrogen) atoms. The molecule has 8 heteroatoms. The third-order valence-corrected chi connectivity index (χ3v) is 11.8. The van der Waals surface area contributed by atoms with Gasteiger partial charge in [-0.25, -0.2) is 0 Å². The number of rotatable bonds is 13. The van der Waals surface area contributed by atoms with Crippen molar-refractivity contribution in [2.24, 2.45) is 0 Å². The molecular weight excluding hydrogens is 801 g/mol. The fourth-order valence-corrected chi connectivity index (χ4v) is 8.27. The topological polar surface area (TPSA) is 80.3 Å². The van der Waals surface area contributed by atoms with Gasteiger partial charge in [-0.3, -0.25) is 9.59 Å². The predicted octanol–water partition coefficient (Wildman–Crippen LogP) is 9.78. The van der Waals surface area contributed by atoms with E-state index >= 15 is 0 Å². The molecule has 0 bridgehead atoms. The molecule has 0 unspecified atom stereocenters. The Morgan fingerprint density at radius 3 is 1.43 bits per heavy atom. The van der Waals surface area contributed by atoms with Crippen LogP contribution < -0.4 is 0 Å². The number of hydrogen-bond donors (Lipinski definition) is 0. The van der Waals surface area contributed by atoms with Crippen LogP contribution in [0.2, 0.25) is 19.6 Å². The molecule has 6 aromatic rings. The number of ketones is 2. The van der Waals surface area contributed by atoms with E-state index in [1.165, 1.54) is 0 Å². The fraction of sp³-hybridized carbons (Fsp3) is 0.236. The molecule has 0 N–H and O–H groups in total. The molecule has 316 valence electrons. The third kappa shape index (κ3) is 10.9. The monoisotopic (exact) mass is 850 g/mol. The molecule has 0 aromatic heterocycles. The van der Waals surface area contributed by atoms with Crippen LogP contribution in [0.15, 0.2) is 158 Å². The molecule has 5 atom stereocenters. The van der Waals surface area contributed by atoms with Gasteiger partial charge in [0.05, 0.1) is 33.0 Å². The highest BCUT2D eigenvalue weighted by molar-refractivity contribution is 6.83. The summed E-state index contributed by atoms with van der Waals surface area (Å²) in [4.78, 5) is 28.7. The first-order valence-electron chi connectivity index (χ1n) is 21.4. The van der Waals surface area contributed by atoms with Gasteiger partial charge in [-0.05, 0) is 34.4 Å². The second-order valence-corrected chi connectivity index (χ2v) is 21.5. The largest absolute Gasteiger partial charge is 0.374 e. The summed E-state index contributed by atoms with van der Waals surface area (Å²) in [7, 11) is -1.80. The lowest BCUT2D eigenvalue weighted by atomic mass is 9.80. The zero-order valence-electron chi connectivity index (χ0n) is 35.8. The summed E-state index contributed by atoms with van der Waals surface area (Å²) in [5, 5.41) is 0. The lowest BCUT2D eigenvalue weighted by Crippen LogP contribution is -2.60. The summed E-state index contributed by atoms with van der Waals surface area (Å²) in [5.41, 5.74) is 9.53. The number of fused-ring (bicyclic) bond motifs is 2. The third-order valence-electron chi connectivity index (χ3n) is 10.9. The highest BCUT2D eigenvalue weighted by Crippen LogP contribution is 2.33. The number of ether oxygens (including phenoxy) is 5. The van der Waals surface area contributed by atoms with Crippen LogP contribution in [0.4, 0.5) is 0 Å². The van der Waals surface area contributed by atoms with Crippen LogP contribution >= 0.6 is 0 Å². The Kier molecular flexibility index (Phi) is 14.0. The minimum atomic E-state index is -1.80. The van der Waals surface area contributed by atoms with Crippen molar-refractivity contribution in [1.82, 2.24) is 0 Å². The zero-order valence-corrected chi connectivity index (χ0v) is 36.8. The van der Waals surface area contributed by atoms with E-state index in [1.807, 2.05) is 127 Å². The Balaban J connectivity index is 1.19. The first-order valence-corrected chi connectivity index (χ1v) is 24.9. The number of benzene rings is 6. The van der Waals surface area contributed by atoms with Crippen LogP contribution in [0.25, 0.3) is 0 Å². The molecule has 1 fully saturated rings. The molecular formula is C55H50O7Si. The van der Waals surface area contributed by atoms with Crippen LogP contribution in [-0.2, 0) is 50.1 Å². The van der Waals surface area contributed by atoms with Crippen molar-refractivity contribution in [3.05, 3.63) is 213 Å². The molecule has 1 aliphatic carbocycles. The second-order valence-electron chi connectivity index (χ2n) is 16.8. The van der Waals surface area contributed by atoms with E-state index in [0.29, 0.717) is 41.0 Å². The van der Waals surface area contributed by atoms with Crippen LogP contribution in [0, 0.1) is 23.3 Å². The van der Waals surface area contributed by atoms with Gasteiger partial charge in [0, 0.05) is 33.4 Å². The molecule has 1 aliphatic heterocycles. The van der Waals surface area contributed by atoms with E-state index in [1.54, 1.807) is 30.3 Å². The van der Waals surface area contributed by atoms with E-state index in [2.05, 4.69) is 42.9 Å². The minimum absolute atomic E-state index is 0.175. The summed E-state index contributed by atoms with van der Waals surface area (Å²) in [5.74, 6) is 9.41. The van der Waals surface area contributed by atoms with Gasteiger partial charge in [0.15, 0.2) is 11.6 Å². The van der Waals surface area contributed by atoms with E-state index in [-0.39, 0.29) is 37.0 Å². The molecule has 1 heterocycles. The predicted molar refractivity (Wildman–Crippen MR) is 247 cm³/mol. The standard InChI is InChI=1S/C55H50O7Si/c1-63(2,3)33-32-44-27-17-29-46-50(44)52(57)49-43(26-16-28-45(49)51(46)56)30-31-47-53(59-35-40-20-10-5-11-21-40)55(61-37-42-24-14-7-15-25-42)54(60-36-41-22-12-6-13-23-41)48(62-47)38-58-34-39-18-8-4-9-19-39/h4-29,47-48,53-55H,34-38H2,1-3H3/t47-,48+,53-,54+,55+/m0/s1. The Labute approximate surface area is 371 Å². The molecule has 0 saturated carbocycles. The summed E-state index contributed by atoms with van der Waals surface area (Å²) in [6.07, 6.45) is -3.58. The maximum Gasteiger partial charge on any atom is 0.197 e. The van der Waals surface area contributed by atoms with Gasteiger partial charge in [-0.15, -0.1) is 5.54 Å². The van der Waals surface area contributed by atoms with E-state index in [4.69, 9.17) is 23.7 Å². The van der Waals surface area contributed by atoms with Crippen LogP contribution in [0.1, 0.15) is 65.2 Å². The Morgan fingerprint density at radius 1 is 0.492 bits per heavy atom. The van der Waals surface area contributed by atoms with Gasteiger partial charge in [0.25, 0.3) is 0 Å². The molecule has 0 amide bonds. The van der Waals surface area contributed by atoms with E-state index < -0.39 is 38.6 Å². The lowest BCUT2D eigenvalue weighted by Gasteiger charge is -2.45. The van der Waals surface area contributed by atoms with Crippen LogP contribution in [0.3, 0.4) is 0 Å². The molecule has 0 spiro atoms. The fourth-order valence-electron chi connectivity index (χ4n) is 7.76. The molecule has 7 nitrogen and oxygen atoms in total. The highest BCUT2D eigenvalue weighted by atomic mass is 28.3. The summed E-state index contributed by atoms with van der Waals surface area (Å²) in [6.45, 7) is 7.81. The average Bonchev–Trinajstić information content (AvgIpc) is 3.31. The van der Waals surface area contributed by atoms with Crippen molar-refractivity contribution in [3.8, 4) is 23.3 Å². The Bertz CT molecular complexity index is 2640. The van der Waals surface area contributed by atoms with Gasteiger partial charge in [-0.1, -0.05) is 183 Å². The highest BCUT2D eigenvalue weighted by Gasteiger charge is 2.48. The van der Waals surface area contributed by atoms with Gasteiger partial charge in [0.2, 0.25) is 0 Å². The van der Waals surface area contributed by atoms with Gasteiger partial charge in [0.1, 0.15) is 38.6 Å². The zero-order chi connectivity index (χ0) is 43.6. The first-order chi connectivity index (χ1) is 30.7. The van der Waals surface area contributed by atoms with Crippen molar-refractivity contribution < 1.29 is 33.3 Å². The maximum atomic E-state index is 14.6. The van der Waals surface area contributed by atoms with Crippen molar-refractivity contribution >= 4 is 19.6 Å². The quantitative estimate of drug-likeness (QED) is 0.0845. The summed E-state index contributed by atoms with van der Waals surface area (Å²) >= 11 is 0. The SMILES string of the molecule is C[Si](C)(C)C#Cc1cccc2c1C(=O)c1c(C#C[C@@H]3O[C@H](COCc4ccccc4)[C@@H](OCc4ccccc4)[C@H](OCc4ccccc4)[C@H]3OCc3ccccc3)cccc1C2=O. The molecule has 2 aliphatic rings. The average molecular weight is 851 g/mol. The Morgan fingerprint density at radius 2 is 0.937 bits per heavy atom. The number of carbonyl (C=O) groups is 2. The van der Waals surface area contributed by atoms with Crippen molar-refractivity contribution in [3.63, 3.8) is 0 Å². The normalized spacial score (nSPS) is 19.2. The van der Waals surface area contributed by atoms with Crippen LogP contribution in [-0.4, -0.2) is 56.8 Å². The van der Waals surface area contributed by atoms with E-state index in [0.717, 1.165) is 22.3 Å². The Hall–Kier alpha value is -6.20. The van der Waals surface area contributed by atoms with Crippen molar-refractivity contribution in [1.29, 1.82) is 0 Å². The number of carbonyl (C=O) groups excluding carboxylic acids is 2. The smallest absolute Gasteiger partial charge is 0.197 e. The van der Waals surface area contributed by atoms with Crippen molar-refractivity contribution in [2.45, 2.75) is 76.6 Å². The van der Waals surface area contributed by atoms with E-state index in [9.17, 15) is 9.59 Å². The number of hydrogen-bond acceptors (Lipinski definition) is 7. The first kappa shape index (κ1) is 43.4. The second kappa shape index (κ2) is 20.3. The molecule has 0 radical (unpaired) electrons. The maximum absolute atomic E-state index is 14.6. The van der Waals surface area contributed by atoms with Crippen LogP contribution in [0.5, 0.6) is 0 Å². The summed E-state index contributed by atoms with van der Waals surface area (Å²) in [6, 6.07) is 50.4. The van der Waals surface area contributed by atoms with Gasteiger partial charge < -0.3 is 23.7 Å².